The third kappa shape index (κ3) is 3.34. The number of nitrogens with zero attached hydrogens (tertiary/aromatic N) is 1. The molecule has 1 aromatic rings. The number of aliphatic hydroxyl groups excluding tert-OH is 1. The van der Waals surface area contributed by atoms with E-state index < -0.39 is 0 Å². The van der Waals surface area contributed by atoms with Crippen LogP contribution in [0.4, 0.5) is 0 Å². The lowest BCUT2D eigenvalue weighted by Gasteiger charge is -2.07. The van der Waals surface area contributed by atoms with Crippen molar-refractivity contribution >= 4 is 5.91 Å². The van der Waals surface area contributed by atoms with Crippen LogP contribution in [0.25, 0.3) is 0 Å². The van der Waals surface area contributed by atoms with Crippen LogP contribution in [0.1, 0.15) is 42.9 Å². The summed E-state index contributed by atoms with van der Waals surface area (Å²) in [6, 6.07) is 1.64. The zero-order valence-electron chi connectivity index (χ0n) is 9.86. The lowest BCUT2D eigenvalue weighted by molar-refractivity contribution is 0.0933. The molecular weight excluding hydrogens is 208 g/mol. The van der Waals surface area contributed by atoms with E-state index in [1.807, 2.05) is 20.8 Å². The van der Waals surface area contributed by atoms with Crippen molar-refractivity contribution in [1.82, 2.24) is 10.5 Å². The van der Waals surface area contributed by atoms with Crippen molar-refractivity contribution in [2.75, 3.05) is 13.2 Å². The van der Waals surface area contributed by atoms with Gasteiger partial charge < -0.3 is 14.9 Å². The van der Waals surface area contributed by atoms with Crippen LogP contribution in [0.5, 0.6) is 0 Å². The van der Waals surface area contributed by atoms with Gasteiger partial charge in [0.15, 0.2) is 5.69 Å². The Balaban J connectivity index is 2.53. The molecule has 2 N–H and O–H groups in total. The normalized spacial score (nSPS) is 12.8. The fourth-order valence-corrected chi connectivity index (χ4v) is 1.09. The van der Waals surface area contributed by atoms with E-state index in [9.17, 15) is 4.79 Å². The first-order valence-corrected chi connectivity index (χ1v) is 5.40. The van der Waals surface area contributed by atoms with Gasteiger partial charge in [0.2, 0.25) is 0 Å². The summed E-state index contributed by atoms with van der Waals surface area (Å²) in [7, 11) is 0. The minimum atomic E-state index is -0.268. The summed E-state index contributed by atoms with van der Waals surface area (Å²) in [5.41, 5.74) is 0.286. The molecule has 0 radical (unpaired) electrons. The topological polar surface area (TPSA) is 75.4 Å². The smallest absolute Gasteiger partial charge is 0.273 e. The minimum Gasteiger partial charge on any atom is -0.396 e. The first kappa shape index (κ1) is 12.7. The third-order valence-electron chi connectivity index (χ3n) is 2.25. The van der Waals surface area contributed by atoms with Gasteiger partial charge in [-0.2, -0.15) is 0 Å². The number of nitrogens with one attached hydrogen (secondary N) is 1. The van der Waals surface area contributed by atoms with Crippen molar-refractivity contribution in [3.05, 3.63) is 17.5 Å². The standard InChI is InChI=1S/C11H18N2O3/c1-7(2)10-4-9(13-16-10)11(15)12-5-8(3)6-14/h4,7-8,14H,5-6H2,1-3H3,(H,12,15). The molecule has 1 unspecified atom stereocenters. The van der Waals surface area contributed by atoms with E-state index in [-0.39, 0.29) is 30.0 Å². The van der Waals surface area contributed by atoms with Crippen LogP contribution in [0, 0.1) is 5.92 Å². The molecule has 0 spiro atoms. The Hall–Kier alpha value is -1.36. The average Bonchev–Trinajstić information content (AvgIpc) is 2.74. The molecule has 0 saturated heterocycles. The Bertz CT molecular complexity index is 347. The maximum Gasteiger partial charge on any atom is 0.273 e. The largest absolute Gasteiger partial charge is 0.396 e. The number of hydrogen-bond acceptors (Lipinski definition) is 4. The summed E-state index contributed by atoms with van der Waals surface area (Å²) in [5, 5.41) is 15.2. The van der Waals surface area contributed by atoms with E-state index in [2.05, 4.69) is 10.5 Å². The number of aromatic nitrogens is 1. The van der Waals surface area contributed by atoms with Crippen molar-refractivity contribution < 1.29 is 14.4 Å². The first-order chi connectivity index (χ1) is 7.54. The predicted molar refractivity (Wildman–Crippen MR) is 59.2 cm³/mol. The molecule has 0 fully saturated rings. The van der Waals surface area contributed by atoms with E-state index in [0.717, 1.165) is 0 Å². The molecule has 1 aromatic heterocycles. The molecule has 0 saturated carbocycles. The summed E-state index contributed by atoms with van der Waals surface area (Å²) in [6.07, 6.45) is 0. The lowest BCUT2D eigenvalue weighted by atomic mass is 10.1. The summed E-state index contributed by atoms with van der Waals surface area (Å²) in [5.74, 6) is 0.683. The Morgan fingerprint density at radius 3 is 2.75 bits per heavy atom. The van der Waals surface area contributed by atoms with Gasteiger partial charge in [-0.3, -0.25) is 4.79 Å². The van der Waals surface area contributed by atoms with Crippen molar-refractivity contribution in [2.45, 2.75) is 26.7 Å². The molecule has 0 aromatic carbocycles. The fraction of sp³-hybridized carbons (Fsp3) is 0.636. The van der Waals surface area contributed by atoms with Crippen LogP contribution in [0.3, 0.4) is 0 Å². The van der Waals surface area contributed by atoms with Crippen LogP contribution in [-0.2, 0) is 0 Å². The molecule has 16 heavy (non-hydrogen) atoms. The van der Waals surface area contributed by atoms with Crippen molar-refractivity contribution in [3.8, 4) is 0 Å². The van der Waals surface area contributed by atoms with Gasteiger partial charge in [0.25, 0.3) is 5.91 Å². The zero-order valence-corrected chi connectivity index (χ0v) is 9.86. The highest BCUT2D eigenvalue weighted by Crippen LogP contribution is 2.14. The molecule has 1 rings (SSSR count). The maximum absolute atomic E-state index is 11.6. The molecule has 0 aliphatic rings. The molecule has 0 bridgehead atoms. The SMILES string of the molecule is CC(CO)CNC(=O)c1cc(C(C)C)on1. The van der Waals surface area contributed by atoms with Crippen LogP contribution in [0.2, 0.25) is 0 Å². The highest BCUT2D eigenvalue weighted by atomic mass is 16.5. The Kier molecular flexibility index (Phi) is 4.49. The van der Waals surface area contributed by atoms with Crippen molar-refractivity contribution in [3.63, 3.8) is 0 Å². The molecule has 0 aliphatic heterocycles. The Morgan fingerprint density at radius 1 is 1.56 bits per heavy atom. The fourth-order valence-electron chi connectivity index (χ4n) is 1.09. The predicted octanol–water partition coefficient (Wildman–Crippen LogP) is 1.16. The second-order valence-electron chi connectivity index (χ2n) is 4.27. The number of amides is 1. The Morgan fingerprint density at radius 2 is 2.25 bits per heavy atom. The molecule has 90 valence electrons. The zero-order chi connectivity index (χ0) is 12.1. The minimum absolute atomic E-state index is 0.0421. The van der Waals surface area contributed by atoms with E-state index in [4.69, 9.17) is 9.63 Å². The van der Waals surface area contributed by atoms with Crippen LogP contribution in [-0.4, -0.2) is 29.3 Å². The number of carbonyl (C=O) groups is 1. The molecule has 1 atom stereocenters. The number of aliphatic hydroxyl groups is 1. The molecule has 1 heterocycles. The van der Waals surface area contributed by atoms with Gasteiger partial charge in [-0.15, -0.1) is 0 Å². The maximum atomic E-state index is 11.6. The van der Waals surface area contributed by atoms with Gasteiger partial charge in [-0.05, 0) is 5.92 Å². The van der Waals surface area contributed by atoms with Gasteiger partial charge in [0.05, 0.1) is 0 Å². The Labute approximate surface area is 94.8 Å². The molecule has 0 aliphatic carbocycles. The lowest BCUT2D eigenvalue weighted by Crippen LogP contribution is -2.29. The number of hydrogen-bond donors (Lipinski definition) is 2. The summed E-state index contributed by atoms with van der Waals surface area (Å²) < 4.78 is 5.02. The highest BCUT2D eigenvalue weighted by molar-refractivity contribution is 5.92. The van der Waals surface area contributed by atoms with Crippen LogP contribution in [0.15, 0.2) is 10.6 Å². The monoisotopic (exact) mass is 226 g/mol. The van der Waals surface area contributed by atoms with Gasteiger partial charge >= 0.3 is 0 Å². The summed E-state index contributed by atoms with van der Waals surface area (Å²) in [4.78, 5) is 11.6. The molecule has 5 heteroatoms. The van der Waals surface area contributed by atoms with E-state index in [1.54, 1.807) is 6.07 Å². The van der Waals surface area contributed by atoms with E-state index in [1.165, 1.54) is 0 Å². The quantitative estimate of drug-likeness (QED) is 0.790. The molecular formula is C11H18N2O3. The number of rotatable bonds is 5. The molecule has 5 nitrogen and oxygen atoms in total. The van der Waals surface area contributed by atoms with Crippen molar-refractivity contribution in [2.24, 2.45) is 5.92 Å². The van der Waals surface area contributed by atoms with Gasteiger partial charge in [0, 0.05) is 25.1 Å². The summed E-state index contributed by atoms with van der Waals surface area (Å²) >= 11 is 0. The third-order valence-corrected chi connectivity index (χ3v) is 2.25. The van der Waals surface area contributed by atoms with Crippen LogP contribution >= 0.6 is 0 Å². The summed E-state index contributed by atoms with van der Waals surface area (Å²) in [6.45, 7) is 6.27. The molecule has 1 amide bonds. The average molecular weight is 226 g/mol. The second-order valence-corrected chi connectivity index (χ2v) is 4.27. The van der Waals surface area contributed by atoms with Crippen LogP contribution < -0.4 is 5.32 Å². The second kappa shape index (κ2) is 5.65. The van der Waals surface area contributed by atoms with E-state index in [0.29, 0.717) is 12.3 Å². The highest BCUT2D eigenvalue weighted by Gasteiger charge is 2.14. The van der Waals surface area contributed by atoms with Gasteiger partial charge in [-0.1, -0.05) is 25.9 Å². The van der Waals surface area contributed by atoms with Crippen molar-refractivity contribution in [1.29, 1.82) is 0 Å². The van der Waals surface area contributed by atoms with E-state index >= 15 is 0 Å². The van der Waals surface area contributed by atoms with Gasteiger partial charge in [0.1, 0.15) is 5.76 Å². The van der Waals surface area contributed by atoms with Gasteiger partial charge in [-0.25, -0.2) is 0 Å². The first-order valence-electron chi connectivity index (χ1n) is 5.40. The number of carbonyl (C=O) groups excluding carboxylic acids is 1.